The molecular weight excluding hydrogens is 224 g/mol. The highest BCUT2D eigenvalue weighted by Crippen LogP contribution is 2.62. The fourth-order valence-electron chi connectivity index (χ4n) is 5.35. The Bertz CT molecular complexity index is 366. The second-order valence-electron chi connectivity index (χ2n) is 7.38. The van der Waals surface area contributed by atoms with Gasteiger partial charge in [0.25, 0.3) is 0 Å². The molecule has 0 unspecified atom stereocenters. The molecule has 4 aliphatic rings. The normalized spacial score (nSPS) is 40.9. The van der Waals surface area contributed by atoms with Crippen LogP contribution in [0.1, 0.15) is 58.8 Å². The highest BCUT2D eigenvalue weighted by atomic mass is 16.4. The van der Waals surface area contributed by atoms with E-state index in [1.807, 2.05) is 13.8 Å². The van der Waals surface area contributed by atoms with Crippen molar-refractivity contribution in [1.82, 2.24) is 0 Å². The van der Waals surface area contributed by atoms with Crippen LogP contribution in [0.2, 0.25) is 0 Å². The number of carboxylic acid groups (broad SMARTS) is 1. The molecule has 18 heavy (non-hydrogen) atoms. The van der Waals surface area contributed by atoms with E-state index >= 15 is 0 Å². The van der Waals surface area contributed by atoms with Crippen LogP contribution in [0.5, 0.6) is 0 Å². The van der Waals surface area contributed by atoms with E-state index < -0.39 is 5.97 Å². The van der Waals surface area contributed by atoms with Crippen LogP contribution >= 0.6 is 0 Å². The lowest BCUT2D eigenvalue weighted by Crippen LogP contribution is -2.46. The number of carboxylic acids is 1. The number of hydrogen-bond acceptors (Lipinski definition) is 1. The fourth-order valence-corrected chi connectivity index (χ4v) is 5.35. The third-order valence-corrected chi connectivity index (χ3v) is 5.58. The lowest BCUT2D eigenvalue weighted by Gasteiger charge is -2.57. The highest BCUT2D eigenvalue weighted by Gasteiger charge is 2.51. The van der Waals surface area contributed by atoms with Crippen molar-refractivity contribution in [3.8, 4) is 0 Å². The average molecular weight is 248 g/mol. The first-order valence-electron chi connectivity index (χ1n) is 7.37. The van der Waals surface area contributed by atoms with E-state index in [-0.39, 0.29) is 0 Å². The summed E-state index contributed by atoms with van der Waals surface area (Å²) < 4.78 is 0. The van der Waals surface area contributed by atoms with Gasteiger partial charge in [0.05, 0.1) is 0 Å². The van der Waals surface area contributed by atoms with Gasteiger partial charge in [-0.05, 0) is 82.0 Å². The number of rotatable bonds is 3. The predicted octanol–water partition coefficient (Wildman–Crippen LogP) is 4.01. The van der Waals surface area contributed by atoms with E-state index in [0.29, 0.717) is 11.0 Å². The predicted molar refractivity (Wildman–Crippen MR) is 71.2 cm³/mol. The summed E-state index contributed by atoms with van der Waals surface area (Å²) in [4.78, 5) is 11.4. The van der Waals surface area contributed by atoms with Gasteiger partial charge in [-0.2, -0.15) is 0 Å². The van der Waals surface area contributed by atoms with Crippen molar-refractivity contribution >= 4 is 5.97 Å². The molecule has 0 radical (unpaired) electrons. The van der Waals surface area contributed by atoms with Crippen molar-refractivity contribution in [3.63, 3.8) is 0 Å². The van der Waals surface area contributed by atoms with E-state index in [0.717, 1.165) is 29.7 Å². The van der Waals surface area contributed by atoms with Crippen LogP contribution in [0.25, 0.3) is 0 Å². The molecule has 0 aromatic heterocycles. The molecule has 0 spiro atoms. The Kier molecular flexibility index (Phi) is 2.80. The molecule has 4 rings (SSSR count). The molecule has 1 N–H and O–H groups in total. The summed E-state index contributed by atoms with van der Waals surface area (Å²) in [6, 6.07) is 0. The largest absolute Gasteiger partial charge is 0.478 e. The maximum Gasteiger partial charge on any atom is 0.331 e. The van der Waals surface area contributed by atoms with Crippen LogP contribution < -0.4 is 0 Å². The summed E-state index contributed by atoms with van der Waals surface area (Å²) in [5.74, 6) is 2.03. The van der Waals surface area contributed by atoms with Gasteiger partial charge in [-0.3, -0.25) is 0 Å². The third-order valence-electron chi connectivity index (χ3n) is 5.58. The fraction of sp³-hybridized carbons (Fsp3) is 0.812. The van der Waals surface area contributed by atoms with Crippen LogP contribution in [0, 0.1) is 23.2 Å². The van der Waals surface area contributed by atoms with Crippen molar-refractivity contribution in [1.29, 1.82) is 0 Å². The average Bonchev–Trinajstić information content (AvgIpc) is 2.23. The van der Waals surface area contributed by atoms with Crippen LogP contribution in [0.4, 0.5) is 0 Å². The van der Waals surface area contributed by atoms with E-state index in [4.69, 9.17) is 0 Å². The smallest absolute Gasteiger partial charge is 0.331 e. The molecule has 4 saturated carbocycles. The van der Waals surface area contributed by atoms with Gasteiger partial charge < -0.3 is 5.11 Å². The molecule has 0 saturated heterocycles. The van der Waals surface area contributed by atoms with Gasteiger partial charge in [0, 0.05) is 5.57 Å². The Morgan fingerprint density at radius 2 is 1.50 bits per heavy atom. The monoisotopic (exact) mass is 248 g/mol. The zero-order valence-electron chi connectivity index (χ0n) is 11.5. The molecule has 4 aliphatic carbocycles. The Hall–Kier alpha value is -0.790. The van der Waals surface area contributed by atoms with E-state index in [1.54, 1.807) is 0 Å². The molecule has 4 fully saturated rings. The quantitative estimate of drug-likeness (QED) is 0.766. The number of carbonyl (C=O) groups is 1. The minimum absolute atomic E-state index is 0.347. The van der Waals surface area contributed by atoms with Crippen molar-refractivity contribution in [2.24, 2.45) is 23.2 Å². The standard InChI is InChI=1S/C16H24O2/c1-10(2)14(15(17)18)9-16-6-11-3-12(7-16)5-13(4-11)8-16/h11-13H,3-9H2,1-2H3,(H,17,18). The lowest BCUT2D eigenvalue weighted by atomic mass is 9.48. The molecule has 100 valence electrons. The van der Waals surface area contributed by atoms with Crippen LogP contribution in [-0.4, -0.2) is 11.1 Å². The third kappa shape index (κ3) is 2.00. The zero-order valence-corrected chi connectivity index (χ0v) is 11.5. The van der Waals surface area contributed by atoms with Crippen LogP contribution in [0.3, 0.4) is 0 Å². The summed E-state index contributed by atoms with van der Waals surface area (Å²) in [5, 5.41) is 9.39. The Morgan fingerprint density at radius 1 is 1.06 bits per heavy atom. The van der Waals surface area contributed by atoms with Gasteiger partial charge in [0.1, 0.15) is 0 Å². The van der Waals surface area contributed by atoms with E-state index in [1.165, 1.54) is 38.5 Å². The Labute approximate surface area is 109 Å². The molecule has 0 aromatic carbocycles. The number of allylic oxidation sites excluding steroid dienone is 1. The zero-order chi connectivity index (χ0) is 12.9. The first-order valence-corrected chi connectivity index (χ1v) is 7.37. The second kappa shape index (κ2) is 4.11. The van der Waals surface area contributed by atoms with Crippen molar-refractivity contribution in [2.45, 2.75) is 58.8 Å². The first-order chi connectivity index (χ1) is 8.47. The number of aliphatic carboxylic acids is 1. The van der Waals surface area contributed by atoms with Gasteiger partial charge in [0.15, 0.2) is 0 Å². The highest BCUT2D eigenvalue weighted by molar-refractivity contribution is 5.87. The Balaban J connectivity index is 1.84. The molecule has 0 aliphatic heterocycles. The molecule has 4 bridgehead atoms. The molecule has 2 heteroatoms. The molecule has 0 aromatic rings. The molecule has 2 nitrogen and oxygen atoms in total. The van der Waals surface area contributed by atoms with Gasteiger partial charge in [0.2, 0.25) is 0 Å². The molecule has 0 heterocycles. The topological polar surface area (TPSA) is 37.3 Å². The van der Waals surface area contributed by atoms with Gasteiger partial charge in [-0.15, -0.1) is 0 Å². The molecule has 0 amide bonds. The van der Waals surface area contributed by atoms with Crippen molar-refractivity contribution < 1.29 is 9.90 Å². The van der Waals surface area contributed by atoms with Crippen LogP contribution in [-0.2, 0) is 4.79 Å². The summed E-state index contributed by atoms with van der Waals surface area (Å²) in [6.45, 7) is 3.90. The second-order valence-corrected chi connectivity index (χ2v) is 7.38. The number of hydrogen-bond donors (Lipinski definition) is 1. The van der Waals surface area contributed by atoms with E-state index in [9.17, 15) is 9.90 Å². The lowest BCUT2D eigenvalue weighted by molar-refractivity contribution is -0.134. The molecule has 0 atom stereocenters. The minimum atomic E-state index is -0.689. The summed E-state index contributed by atoms with van der Waals surface area (Å²) in [7, 11) is 0. The van der Waals surface area contributed by atoms with Crippen molar-refractivity contribution in [3.05, 3.63) is 11.1 Å². The maximum atomic E-state index is 11.4. The maximum absolute atomic E-state index is 11.4. The summed E-state index contributed by atoms with van der Waals surface area (Å²) in [6.07, 6.45) is 8.99. The summed E-state index contributed by atoms with van der Waals surface area (Å²) in [5.41, 5.74) is 2.04. The molecular formula is C16H24O2. The van der Waals surface area contributed by atoms with Gasteiger partial charge >= 0.3 is 5.97 Å². The van der Waals surface area contributed by atoms with E-state index in [2.05, 4.69) is 0 Å². The van der Waals surface area contributed by atoms with Gasteiger partial charge in [-0.1, -0.05) is 5.57 Å². The van der Waals surface area contributed by atoms with Crippen molar-refractivity contribution in [2.75, 3.05) is 0 Å². The SMILES string of the molecule is CC(C)=C(CC12CC3CC(CC(C3)C1)C2)C(=O)O. The Morgan fingerprint density at radius 3 is 1.83 bits per heavy atom. The van der Waals surface area contributed by atoms with Gasteiger partial charge in [-0.25, -0.2) is 4.79 Å². The minimum Gasteiger partial charge on any atom is -0.478 e. The summed E-state index contributed by atoms with van der Waals surface area (Å²) >= 11 is 0. The van der Waals surface area contributed by atoms with Crippen LogP contribution in [0.15, 0.2) is 11.1 Å². The first kappa shape index (κ1) is 12.3.